The third kappa shape index (κ3) is 5.39. The molecule has 2 N–H and O–H groups in total. The van der Waals surface area contributed by atoms with Crippen LogP contribution < -0.4 is 10.1 Å². The Kier molecular flexibility index (Phi) is 6.86. The number of H-pyrrole nitrogens is 1. The van der Waals surface area contributed by atoms with E-state index in [1.54, 1.807) is 31.6 Å². The number of rotatable bonds is 8. The van der Waals surface area contributed by atoms with Gasteiger partial charge in [-0.05, 0) is 47.5 Å². The van der Waals surface area contributed by atoms with E-state index in [1.165, 1.54) is 6.07 Å². The number of alkyl halides is 3. The summed E-state index contributed by atoms with van der Waals surface area (Å²) in [5.74, 6) is -0.218. The lowest BCUT2D eigenvalue weighted by Crippen LogP contribution is -2.27. The van der Waals surface area contributed by atoms with Gasteiger partial charge in [0.05, 0.1) is 12.7 Å². The smallest absolute Gasteiger partial charge is 0.416 e. The first-order valence-corrected chi connectivity index (χ1v) is 10.8. The summed E-state index contributed by atoms with van der Waals surface area (Å²) >= 11 is 0. The summed E-state index contributed by atoms with van der Waals surface area (Å²) in [5.41, 5.74) is 2.05. The molecule has 0 aliphatic carbocycles. The molecule has 0 saturated heterocycles. The van der Waals surface area contributed by atoms with Crippen LogP contribution in [0.1, 0.15) is 34.7 Å². The number of ether oxygens (including phenoxy) is 1. The maximum Gasteiger partial charge on any atom is 0.416 e. The molecule has 8 heteroatoms. The summed E-state index contributed by atoms with van der Waals surface area (Å²) in [6.45, 7) is 0.382. The third-order valence-electron chi connectivity index (χ3n) is 5.73. The first kappa shape index (κ1) is 23.4. The molecule has 34 heavy (non-hydrogen) atoms. The highest BCUT2D eigenvalue weighted by atomic mass is 19.4. The summed E-state index contributed by atoms with van der Waals surface area (Å²) in [6, 6.07) is 16.2. The number of aromatic nitrogens is 2. The molecule has 0 aliphatic heterocycles. The zero-order chi connectivity index (χ0) is 24.1. The molecule has 176 valence electrons. The minimum atomic E-state index is -4.48. The van der Waals surface area contributed by atoms with Crippen LogP contribution in [0.3, 0.4) is 0 Å². The van der Waals surface area contributed by atoms with E-state index in [9.17, 15) is 18.0 Å². The van der Waals surface area contributed by atoms with Gasteiger partial charge < -0.3 is 15.0 Å². The molecule has 1 unspecified atom stereocenters. The van der Waals surface area contributed by atoms with Crippen LogP contribution >= 0.6 is 0 Å². The van der Waals surface area contributed by atoms with E-state index in [-0.39, 0.29) is 12.3 Å². The molecule has 2 heterocycles. The van der Waals surface area contributed by atoms with Crippen LogP contribution in [-0.2, 0) is 17.4 Å². The Morgan fingerprint density at radius 1 is 1.12 bits per heavy atom. The molecule has 0 radical (unpaired) electrons. The topological polar surface area (TPSA) is 67.0 Å². The van der Waals surface area contributed by atoms with Gasteiger partial charge in [0.1, 0.15) is 5.75 Å². The molecule has 0 spiro atoms. The number of fused-ring (bicyclic) bond motifs is 1. The lowest BCUT2D eigenvalue weighted by molar-refractivity contribution is -0.137. The number of hydrogen-bond acceptors (Lipinski definition) is 3. The molecule has 5 nitrogen and oxygen atoms in total. The van der Waals surface area contributed by atoms with Crippen molar-refractivity contribution in [2.24, 2.45) is 0 Å². The maximum absolute atomic E-state index is 13.4. The Morgan fingerprint density at radius 2 is 1.97 bits per heavy atom. The summed E-state index contributed by atoms with van der Waals surface area (Å²) in [5, 5.41) is 3.67. The Bertz CT molecular complexity index is 1270. The fraction of sp³-hybridized carbons (Fsp3) is 0.231. The first-order valence-electron chi connectivity index (χ1n) is 10.8. The monoisotopic (exact) mass is 467 g/mol. The molecule has 4 rings (SSSR count). The van der Waals surface area contributed by atoms with Crippen molar-refractivity contribution in [3.8, 4) is 5.75 Å². The number of carbonyl (C=O) groups is 1. The second-order valence-electron chi connectivity index (χ2n) is 7.96. The molecule has 0 aliphatic rings. The second kappa shape index (κ2) is 9.99. The van der Waals surface area contributed by atoms with Crippen molar-refractivity contribution in [1.29, 1.82) is 0 Å². The van der Waals surface area contributed by atoms with Crippen LogP contribution in [0.2, 0.25) is 0 Å². The number of aromatic amines is 1. The molecular formula is C26H24F3N3O2. The molecule has 2 aromatic heterocycles. The summed E-state index contributed by atoms with van der Waals surface area (Å²) in [7, 11) is 1.55. The van der Waals surface area contributed by atoms with Gasteiger partial charge in [0.2, 0.25) is 5.91 Å². The van der Waals surface area contributed by atoms with Crippen molar-refractivity contribution in [3.63, 3.8) is 0 Å². The standard InChI is InChI=1S/C26H24F3N3O2/c1-34-20-8-9-24-22(14-20)23(16-32-24)21(17-5-4-6-18(13-17)26(27,28)29)15-25(33)31-12-10-19-7-2-3-11-30-19/h2-9,11,13-14,16,21,32H,10,12,15H2,1H3,(H,31,33). The molecule has 1 atom stereocenters. The number of hydrogen-bond donors (Lipinski definition) is 2. The minimum Gasteiger partial charge on any atom is -0.497 e. The van der Waals surface area contributed by atoms with E-state index in [0.29, 0.717) is 24.3 Å². The van der Waals surface area contributed by atoms with Crippen LogP contribution in [-0.4, -0.2) is 29.5 Å². The molecule has 4 aromatic rings. The highest BCUT2D eigenvalue weighted by Gasteiger charge is 2.32. The number of pyridine rings is 1. The number of nitrogens with zero attached hydrogens (tertiary/aromatic N) is 1. The quantitative estimate of drug-likeness (QED) is 0.361. The fourth-order valence-corrected chi connectivity index (χ4v) is 4.01. The van der Waals surface area contributed by atoms with Crippen molar-refractivity contribution in [3.05, 3.63) is 95.4 Å². The van der Waals surface area contributed by atoms with Gasteiger partial charge in [-0.1, -0.05) is 24.3 Å². The van der Waals surface area contributed by atoms with E-state index in [4.69, 9.17) is 4.74 Å². The zero-order valence-corrected chi connectivity index (χ0v) is 18.5. The number of benzene rings is 2. The molecule has 0 bridgehead atoms. The van der Waals surface area contributed by atoms with Crippen molar-refractivity contribution in [2.75, 3.05) is 13.7 Å². The van der Waals surface area contributed by atoms with E-state index < -0.39 is 17.7 Å². The van der Waals surface area contributed by atoms with Crippen LogP contribution in [0.4, 0.5) is 13.2 Å². The van der Waals surface area contributed by atoms with Gasteiger partial charge in [-0.15, -0.1) is 0 Å². The van der Waals surface area contributed by atoms with Gasteiger partial charge in [-0.3, -0.25) is 9.78 Å². The first-order chi connectivity index (χ1) is 16.3. The van der Waals surface area contributed by atoms with Crippen molar-refractivity contribution in [2.45, 2.75) is 24.9 Å². The number of halogens is 3. The largest absolute Gasteiger partial charge is 0.497 e. The van der Waals surface area contributed by atoms with Gasteiger partial charge in [0.25, 0.3) is 0 Å². The summed E-state index contributed by atoms with van der Waals surface area (Å²) in [4.78, 5) is 20.3. The van der Waals surface area contributed by atoms with E-state index in [2.05, 4.69) is 15.3 Å². The fourth-order valence-electron chi connectivity index (χ4n) is 4.01. The average molecular weight is 467 g/mol. The minimum absolute atomic E-state index is 0.00626. The molecule has 1 amide bonds. The van der Waals surface area contributed by atoms with Gasteiger partial charge in [-0.2, -0.15) is 13.2 Å². The number of nitrogens with one attached hydrogen (secondary N) is 2. The number of carbonyl (C=O) groups excluding carboxylic acids is 1. The van der Waals surface area contributed by atoms with Crippen molar-refractivity contribution < 1.29 is 22.7 Å². The normalized spacial score (nSPS) is 12.5. The predicted molar refractivity (Wildman–Crippen MR) is 124 cm³/mol. The Labute approximate surface area is 195 Å². The number of amides is 1. The predicted octanol–water partition coefficient (Wildman–Crippen LogP) is 5.47. The molecule has 0 saturated carbocycles. The SMILES string of the molecule is COc1ccc2[nH]cc(C(CC(=O)NCCc3ccccn3)c3cccc(C(F)(F)F)c3)c2c1. The van der Waals surface area contributed by atoms with Gasteiger partial charge in [0, 0.05) is 54.3 Å². The summed E-state index contributed by atoms with van der Waals surface area (Å²) < 4.78 is 45.5. The Balaban J connectivity index is 1.63. The second-order valence-corrected chi connectivity index (χ2v) is 7.96. The molecule has 0 fully saturated rings. The Hall–Kier alpha value is -3.81. The highest BCUT2D eigenvalue weighted by Crippen LogP contribution is 2.37. The third-order valence-corrected chi connectivity index (χ3v) is 5.73. The molecular weight excluding hydrogens is 443 g/mol. The van der Waals surface area contributed by atoms with Gasteiger partial charge >= 0.3 is 6.18 Å². The van der Waals surface area contributed by atoms with Crippen LogP contribution in [0.15, 0.2) is 73.1 Å². The lowest BCUT2D eigenvalue weighted by atomic mass is 9.87. The highest BCUT2D eigenvalue weighted by molar-refractivity contribution is 5.87. The van der Waals surface area contributed by atoms with Crippen molar-refractivity contribution >= 4 is 16.8 Å². The van der Waals surface area contributed by atoms with Crippen LogP contribution in [0, 0.1) is 0 Å². The maximum atomic E-state index is 13.4. The Morgan fingerprint density at radius 3 is 2.71 bits per heavy atom. The van der Waals surface area contributed by atoms with E-state index >= 15 is 0 Å². The van der Waals surface area contributed by atoms with Gasteiger partial charge in [0.15, 0.2) is 0 Å². The summed E-state index contributed by atoms with van der Waals surface area (Å²) in [6.07, 6.45) is -0.490. The van der Waals surface area contributed by atoms with Gasteiger partial charge in [-0.25, -0.2) is 0 Å². The van der Waals surface area contributed by atoms with E-state index in [1.807, 2.05) is 30.3 Å². The molecule has 2 aromatic carbocycles. The number of methoxy groups -OCH3 is 1. The zero-order valence-electron chi connectivity index (χ0n) is 18.5. The van der Waals surface area contributed by atoms with Crippen molar-refractivity contribution in [1.82, 2.24) is 15.3 Å². The van der Waals surface area contributed by atoms with Crippen LogP contribution in [0.25, 0.3) is 10.9 Å². The lowest BCUT2D eigenvalue weighted by Gasteiger charge is -2.19. The van der Waals surface area contributed by atoms with E-state index in [0.717, 1.165) is 34.3 Å². The average Bonchev–Trinajstić information content (AvgIpc) is 3.25. The van der Waals surface area contributed by atoms with Crippen LogP contribution in [0.5, 0.6) is 5.75 Å².